The zero-order chi connectivity index (χ0) is 10.6. The van der Waals surface area contributed by atoms with Crippen LogP contribution in [0, 0.1) is 0 Å². The molecule has 0 atom stereocenters. The molecule has 0 aliphatic heterocycles. The number of fused-ring (bicyclic) bond motifs is 1. The number of aromatic nitrogens is 2. The molecule has 0 saturated heterocycles. The quantitative estimate of drug-likeness (QED) is 0.802. The average Bonchev–Trinajstić information content (AvgIpc) is 2.86. The molecule has 0 spiro atoms. The number of nitrogens with zero attached hydrogens (tertiary/aromatic N) is 2. The van der Waals surface area contributed by atoms with E-state index in [0.717, 1.165) is 34.7 Å². The van der Waals surface area contributed by atoms with Crippen molar-refractivity contribution in [1.82, 2.24) is 9.55 Å². The molecule has 0 unspecified atom stereocenters. The molecular formula is C11H12ClN3. The molecule has 78 valence electrons. The summed E-state index contributed by atoms with van der Waals surface area (Å²) in [6.07, 6.45) is 2.05. The van der Waals surface area contributed by atoms with Crippen molar-refractivity contribution in [1.29, 1.82) is 0 Å². The van der Waals surface area contributed by atoms with E-state index in [4.69, 9.17) is 17.3 Å². The normalized spacial score (nSPS) is 18.3. The molecule has 2 N–H and O–H groups in total. The van der Waals surface area contributed by atoms with E-state index < -0.39 is 0 Å². The van der Waals surface area contributed by atoms with Gasteiger partial charge in [0.1, 0.15) is 5.82 Å². The standard InChI is InChI=1S/C11H12ClN3/c1-15-9-6-7(12)2-3-8(9)14-10(15)11(13)4-5-11/h2-3,6H,4-5,13H2,1H3. The second-order valence-corrected chi connectivity index (χ2v) is 4.72. The lowest BCUT2D eigenvalue weighted by atomic mass is 10.3. The second kappa shape index (κ2) is 2.74. The van der Waals surface area contributed by atoms with Crippen molar-refractivity contribution in [3.8, 4) is 0 Å². The van der Waals surface area contributed by atoms with Crippen molar-refractivity contribution in [3.63, 3.8) is 0 Å². The number of hydrogen-bond acceptors (Lipinski definition) is 2. The molecule has 15 heavy (non-hydrogen) atoms. The fourth-order valence-corrected chi connectivity index (χ4v) is 2.13. The van der Waals surface area contributed by atoms with Gasteiger partial charge in [-0.15, -0.1) is 0 Å². The maximum atomic E-state index is 6.15. The Hall–Kier alpha value is -1.06. The van der Waals surface area contributed by atoms with Crippen LogP contribution in [0.25, 0.3) is 11.0 Å². The topological polar surface area (TPSA) is 43.8 Å². The van der Waals surface area contributed by atoms with E-state index in [9.17, 15) is 0 Å². The minimum absolute atomic E-state index is 0.194. The van der Waals surface area contributed by atoms with Gasteiger partial charge in [-0.05, 0) is 31.0 Å². The molecule has 1 aliphatic carbocycles. The largest absolute Gasteiger partial charge is 0.330 e. The lowest BCUT2D eigenvalue weighted by molar-refractivity contribution is 0.639. The van der Waals surface area contributed by atoms with Gasteiger partial charge in [0.25, 0.3) is 0 Å². The molecule has 1 saturated carbocycles. The fourth-order valence-electron chi connectivity index (χ4n) is 1.97. The molecule has 1 aliphatic rings. The first-order chi connectivity index (χ1) is 7.10. The first kappa shape index (κ1) is 9.19. The van der Waals surface area contributed by atoms with Gasteiger partial charge in [0.15, 0.2) is 0 Å². The van der Waals surface area contributed by atoms with Crippen LogP contribution in [-0.2, 0) is 12.6 Å². The predicted octanol–water partition coefficient (Wildman–Crippen LogP) is 2.17. The van der Waals surface area contributed by atoms with Crippen LogP contribution in [-0.4, -0.2) is 9.55 Å². The molecule has 0 bridgehead atoms. The summed E-state index contributed by atoms with van der Waals surface area (Å²) in [5, 5.41) is 0.735. The van der Waals surface area contributed by atoms with E-state index in [0.29, 0.717) is 0 Å². The number of benzene rings is 1. The molecule has 4 heteroatoms. The Bertz CT molecular complexity index is 540. The highest BCUT2D eigenvalue weighted by atomic mass is 35.5. The van der Waals surface area contributed by atoms with E-state index in [-0.39, 0.29) is 5.54 Å². The molecule has 3 nitrogen and oxygen atoms in total. The van der Waals surface area contributed by atoms with Gasteiger partial charge in [-0.1, -0.05) is 11.6 Å². The van der Waals surface area contributed by atoms with Crippen LogP contribution in [0.1, 0.15) is 18.7 Å². The monoisotopic (exact) mass is 221 g/mol. The highest BCUT2D eigenvalue weighted by molar-refractivity contribution is 6.31. The lowest BCUT2D eigenvalue weighted by Crippen LogP contribution is -2.23. The highest BCUT2D eigenvalue weighted by Crippen LogP contribution is 2.42. The van der Waals surface area contributed by atoms with Crippen molar-refractivity contribution >= 4 is 22.6 Å². The number of imidazole rings is 1. The third kappa shape index (κ3) is 1.27. The van der Waals surface area contributed by atoms with Gasteiger partial charge in [0.2, 0.25) is 0 Å². The van der Waals surface area contributed by atoms with Crippen LogP contribution in [0.15, 0.2) is 18.2 Å². The van der Waals surface area contributed by atoms with E-state index in [1.807, 2.05) is 29.8 Å². The Morgan fingerprint density at radius 1 is 1.47 bits per heavy atom. The molecule has 3 rings (SSSR count). The number of rotatable bonds is 1. The summed E-state index contributed by atoms with van der Waals surface area (Å²) in [6, 6.07) is 5.72. The van der Waals surface area contributed by atoms with Crippen LogP contribution < -0.4 is 5.73 Å². The molecular weight excluding hydrogens is 210 g/mol. The molecule has 1 fully saturated rings. The summed E-state index contributed by atoms with van der Waals surface area (Å²) < 4.78 is 2.05. The number of aryl methyl sites for hydroxylation is 1. The highest BCUT2D eigenvalue weighted by Gasteiger charge is 2.44. The Morgan fingerprint density at radius 3 is 2.87 bits per heavy atom. The Labute approximate surface area is 92.8 Å². The zero-order valence-corrected chi connectivity index (χ0v) is 9.25. The number of hydrogen-bond donors (Lipinski definition) is 1. The Morgan fingerprint density at radius 2 is 2.20 bits per heavy atom. The minimum Gasteiger partial charge on any atom is -0.330 e. The van der Waals surface area contributed by atoms with E-state index in [1.165, 1.54) is 0 Å². The van der Waals surface area contributed by atoms with E-state index in [2.05, 4.69) is 4.98 Å². The van der Waals surface area contributed by atoms with Gasteiger partial charge in [-0.2, -0.15) is 0 Å². The van der Waals surface area contributed by atoms with Gasteiger partial charge in [0.05, 0.1) is 16.6 Å². The van der Waals surface area contributed by atoms with Crippen LogP contribution in [0.3, 0.4) is 0 Å². The molecule has 0 radical (unpaired) electrons. The first-order valence-electron chi connectivity index (χ1n) is 5.01. The zero-order valence-electron chi connectivity index (χ0n) is 8.50. The van der Waals surface area contributed by atoms with Gasteiger partial charge in [-0.25, -0.2) is 4.98 Å². The van der Waals surface area contributed by atoms with Gasteiger partial charge >= 0.3 is 0 Å². The van der Waals surface area contributed by atoms with Crippen LogP contribution in [0.2, 0.25) is 5.02 Å². The maximum Gasteiger partial charge on any atom is 0.129 e. The summed E-state index contributed by atoms with van der Waals surface area (Å²) in [5.41, 5.74) is 7.98. The van der Waals surface area contributed by atoms with Crippen molar-refractivity contribution in [2.24, 2.45) is 12.8 Å². The third-order valence-electron chi connectivity index (χ3n) is 3.08. The predicted molar refractivity (Wildman–Crippen MR) is 60.8 cm³/mol. The SMILES string of the molecule is Cn1c(C2(N)CC2)nc2ccc(Cl)cc21. The lowest BCUT2D eigenvalue weighted by Gasteiger charge is -2.07. The number of nitrogens with two attached hydrogens (primary N) is 1. The summed E-state index contributed by atoms with van der Waals surface area (Å²) in [5.74, 6) is 0.972. The van der Waals surface area contributed by atoms with Crippen molar-refractivity contribution in [3.05, 3.63) is 29.0 Å². The van der Waals surface area contributed by atoms with Gasteiger partial charge in [-0.3, -0.25) is 0 Å². The Kier molecular flexibility index (Phi) is 1.68. The van der Waals surface area contributed by atoms with Crippen molar-refractivity contribution < 1.29 is 0 Å². The van der Waals surface area contributed by atoms with Crippen molar-refractivity contribution in [2.45, 2.75) is 18.4 Å². The molecule has 1 heterocycles. The summed E-state index contributed by atoms with van der Waals surface area (Å²) in [4.78, 5) is 4.57. The fraction of sp³-hybridized carbons (Fsp3) is 0.364. The van der Waals surface area contributed by atoms with Crippen molar-refractivity contribution in [2.75, 3.05) is 0 Å². The average molecular weight is 222 g/mol. The van der Waals surface area contributed by atoms with Crippen LogP contribution in [0.4, 0.5) is 0 Å². The Balaban J connectivity index is 2.29. The maximum absolute atomic E-state index is 6.15. The second-order valence-electron chi connectivity index (χ2n) is 4.28. The third-order valence-corrected chi connectivity index (χ3v) is 3.31. The molecule has 1 aromatic carbocycles. The minimum atomic E-state index is -0.194. The molecule has 0 amide bonds. The summed E-state index contributed by atoms with van der Waals surface area (Å²) >= 11 is 5.96. The van der Waals surface area contributed by atoms with Gasteiger partial charge in [0, 0.05) is 12.1 Å². The van der Waals surface area contributed by atoms with E-state index >= 15 is 0 Å². The smallest absolute Gasteiger partial charge is 0.129 e. The van der Waals surface area contributed by atoms with E-state index in [1.54, 1.807) is 0 Å². The summed E-state index contributed by atoms with van der Waals surface area (Å²) in [6.45, 7) is 0. The summed E-state index contributed by atoms with van der Waals surface area (Å²) in [7, 11) is 1.99. The van der Waals surface area contributed by atoms with Crippen LogP contribution >= 0.6 is 11.6 Å². The molecule has 2 aromatic rings. The molecule has 1 aromatic heterocycles. The van der Waals surface area contributed by atoms with Gasteiger partial charge < -0.3 is 10.3 Å². The number of halogens is 1. The van der Waals surface area contributed by atoms with Crippen LogP contribution in [0.5, 0.6) is 0 Å². The first-order valence-corrected chi connectivity index (χ1v) is 5.39.